The number of fused-ring (bicyclic) bond motifs is 3. The van der Waals surface area contributed by atoms with Crippen molar-refractivity contribution < 1.29 is 9.53 Å². The minimum Gasteiger partial charge on any atom is -0.439 e. The fourth-order valence-electron chi connectivity index (χ4n) is 5.08. The maximum Gasteiger partial charge on any atom is 0.415 e. The predicted octanol–water partition coefficient (Wildman–Crippen LogP) is 4.61. The Morgan fingerprint density at radius 2 is 2.04 bits per heavy atom. The quantitative estimate of drug-likeness (QED) is 0.747. The Bertz CT molecular complexity index is 859. The molecule has 0 N–H and O–H groups in total. The third-order valence-corrected chi connectivity index (χ3v) is 7.53. The van der Waals surface area contributed by atoms with E-state index >= 15 is 0 Å². The van der Waals surface area contributed by atoms with E-state index in [2.05, 4.69) is 36.9 Å². The summed E-state index contributed by atoms with van der Waals surface area (Å²) in [5, 5.41) is 1.30. The Morgan fingerprint density at radius 1 is 1.27 bits per heavy atom. The summed E-state index contributed by atoms with van der Waals surface area (Å²) in [5.41, 5.74) is 2.10. The molecule has 4 saturated heterocycles. The molecule has 4 nitrogen and oxygen atoms in total. The number of hydrogen-bond acceptors (Lipinski definition) is 4. The maximum atomic E-state index is 12.7. The highest BCUT2D eigenvalue weighted by Crippen LogP contribution is 2.44. The van der Waals surface area contributed by atoms with Crippen LogP contribution in [0.15, 0.2) is 18.2 Å². The van der Waals surface area contributed by atoms with Crippen LogP contribution >= 0.6 is 23.7 Å². The summed E-state index contributed by atoms with van der Waals surface area (Å²) in [6.45, 7) is 8.31. The van der Waals surface area contributed by atoms with Gasteiger partial charge in [-0.25, -0.2) is 4.79 Å². The molecule has 5 heterocycles. The van der Waals surface area contributed by atoms with E-state index in [1.54, 1.807) is 0 Å². The van der Waals surface area contributed by atoms with Gasteiger partial charge in [0.2, 0.25) is 0 Å². The highest BCUT2D eigenvalue weighted by molar-refractivity contribution is 7.19. The van der Waals surface area contributed by atoms with Crippen LogP contribution in [0, 0.1) is 12.8 Å². The molecule has 6 rings (SSSR count). The fraction of sp³-hybridized carbons (Fsp3) is 0.550. The van der Waals surface area contributed by atoms with Crippen LogP contribution in [0.3, 0.4) is 0 Å². The highest BCUT2D eigenvalue weighted by Gasteiger charge is 2.55. The molecule has 0 unspecified atom stereocenters. The Balaban J connectivity index is 0.00000168. The lowest BCUT2D eigenvalue weighted by Gasteiger charge is -2.49. The van der Waals surface area contributed by atoms with Gasteiger partial charge >= 0.3 is 6.09 Å². The van der Waals surface area contributed by atoms with Crippen LogP contribution in [0.4, 0.5) is 10.5 Å². The van der Waals surface area contributed by atoms with E-state index in [-0.39, 0.29) is 24.1 Å². The minimum absolute atomic E-state index is 0. The first-order valence-corrected chi connectivity index (χ1v) is 10.2. The fourth-order valence-corrected chi connectivity index (χ4v) is 6.21. The van der Waals surface area contributed by atoms with Gasteiger partial charge in [0.15, 0.2) is 0 Å². The first-order valence-electron chi connectivity index (χ1n) is 9.34. The molecule has 4 aliphatic rings. The lowest BCUT2D eigenvalue weighted by molar-refractivity contribution is -0.0881. The SMILES string of the molecule is CCc1c(C)sc2ccc(N3C[C@@]4(CN5CCC4CC5)OC3=O)cc12.Cl. The molecule has 4 fully saturated rings. The molecule has 1 atom stereocenters. The second-order valence-corrected chi connectivity index (χ2v) is 9.00. The van der Waals surface area contributed by atoms with Crippen molar-refractivity contribution in [1.29, 1.82) is 0 Å². The van der Waals surface area contributed by atoms with E-state index in [9.17, 15) is 4.79 Å². The third-order valence-electron chi connectivity index (χ3n) is 6.40. The van der Waals surface area contributed by atoms with E-state index < -0.39 is 0 Å². The molecule has 4 aliphatic heterocycles. The molecule has 26 heavy (non-hydrogen) atoms. The molecule has 1 spiro atoms. The molecule has 0 aliphatic carbocycles. The van der Waals surface area contributed by atoms with Crippen molar-refractivity contribution in [3.05, 3.63) is 28.6 Å². The second-order valence-electron chi connectivity index (χ2n) is 7.74. The summed E-state index contributed by atoms with van der Waals surface area (Å²) in [4.78, 5) is 18.4. The van der Waals surface area contributed by atoms with Gasteiger partial charge in [-0.2, -0.15) is 0 Å². The monoisotopic (exact) mass is 392 g/mol. The number of benzene rings is 1. The van der Waals surface area contributed by atoms with Crippen LogP contribution in [0.5, 0.6) is 0 Å². The average Bonchev–Trinajstić information content (AvgIpc) is 3.11. The summed E-state index contributed by atoms with van der Waals surface area (Å²) in [7, 11) is 0. The largest absolute Gasteiger partial charge is 0.439 e. The number of ether oxygens (including phenoxy) is 1. The number of hydrogen-bond donors (Lipinski definition) is 0. The van der Waals surface area contributed by atoms with Crippen molar-refractivity contribution >= 4 is 45.6 Å². The van der Waals surface area contributed by atoms with Crippen molar-refractivity contribution in [3.8, 4) is 0 Å². The molecule has 2 aromatic rings. The number of halogens is 1. The van der Waals surface area contributed by atoms with Crippen LogP contribution in [0.25, 0.3) is 10.1 Å². The number of piperidine rings is 3. The summed E-state index contributed by atoms with van der Waals surface area (Å²) in [6, 6.07) is 6.44. The zero-order chi connectivity index (χ0) is 17.2. The Hall–Kier alpha value is -1.30. The first kappa shape index (κ1) is 18.1. The predicted molar refractivity (Wildman–Crippen MR) is 109 cm³/mol. The normalized spacial score (nSPS) is 30.1. The van der Waals surface area contributed by atoms with Crippen LogP contribution in [0.2, 0.25) is 0 Å². The minimum atomic E-state index is -0.291. The number of amides is 1. The van der Waals surface area contributed by atoms with Crippen molar-refractivity contribution in [2.75, 3.05) is 31.1 Å². The van der Waals surface area contributed by atoms with Gasteiger partial charge in [0.25, 0.3) is 0 Å². The summed E-state index contributed by atoms with van der Waals surface area (Å²) in [6.07, 6.45) is 3.17. The smallest absolute Gasteiger partial charge is 0.415 e. The summed E-state index contributed by atoms with van der Waals surface area (Å²) in [5.74, 6) is 0.518. The van der Waals surface area contributed by atoms with Crippen LogP contribution in [-0.4, -0.2) is 42.8 Å². The van der Waals surface area contributed by atoms with Crippen molar-refractivity contribution in [1.82, 2.24) is 4.90 Å². The lowest BCUT2D eigenvalue weighted by atomic mass is 9.75. The number of carbonyl (C=O) groups excluding carboxylic acids is 1. The van der Waals surface area contributed by atoms with Gasteiger partial charge in [-0.1, -0.05) is 6.92 Å². The highest BCUT2D eigenvalue weighted by atomic mass is 35.5. The molecular weight excluding hydrogens is 368 g/mol. The first-order chi connectivity index (χ1) is 12.1. The molecule has 0 radical (unpaired) electrons. The Labute approximate surface area is 164 Å². The van der Waals surface area contributed by atoms with Crippen LogP contribution < -0.4 is 4.90 Å². The zero-order valence-corrected chi connectivity index (χ0v) is 16.9. The molecule has 6 heteroatoms. The van der Waals surface area contributed by atoms with Gasteiger partial charge in [0, 0.05) is 27.7 Å². The number of rotatable bonds is 2. The Kier molecular flexibility index (Phi) is 4.45. The van der Waals surface area contributed by atoms with E-state index in [0.29, 0.717) is 12.5 Å². The van der Waals surface area contributed by atoms with Gasteiger partial charge < -0.3 is 4.74 Å². The van der Waals surface area contributed by atoms with Gasteiger partial charge in [0.05, 0.1) is 6.54 Å². The van der Waals surface area contributed by atoms with Gasteiger partial charge in [-0.15, -0.1) is 23.7 Å². The third kappa shape index (κ3) is 2.55. The number of nitrogens with zero attached hydrogens (tertiary/aromatic N) is 2. The topological polar surface area (TPSA) is 32.8 Å². The maximum absolute atomic E-state index is 12.7. The Morgan fingerprint density at radius 3 is 2.69 bits per heavy atom. The lowest BCUT2D eigenvalue weighted by Crippen LogP contribution is -2.61. The number of thiophene rings is 1. The van der Waals surface area contributed by atoms with Gasteiger partial charge in [-0.05, 0) is 68.4 Å². The molecule has 2 bridgehead atoms. The zero-order valence-electron chi connectivity index (χ0n) is 15.3. The summed E-state index contributed by atoms with van der Waals surface area (Å²) < 4.78 is 7.32. The van der Waals surface area contributed by atoms with E-state index in [1.807, 2.05) is 16.2 Å². The van der Waals surface area contributed by atoms with Crippen LogP contribution in [0.1, 0.15) is 30.2 Å². The molecule has 140 valence electrons. The molecular formula is C20H25ClN2O2S. The van der Waals surface area contributed by atoms with Gasteiger partial charge in [-0.3, -0.25) is 9.80 Å². The molecule has 1 aromatic carbocycles. The van der Waals surface area contributed by atoms with Gasteiger partial charge in [0.1, 0.15) is 5.60 Å². The molecule has 0 saturated carbocycles. The van der Waals surface area contributed by atoms with E-state index in [0.717, 1.165) is 44.6 Å². The van der Waals surface area contributed by atoms with E-state index in [1.165, 1.54) is 20.5 Å². The van der Waals surface area contributed by atoms with Crippen LogP contribution in [-0.2, 0) is 11.2 Å². The van der Waals surface area contributed by atoms with Crippen molar-refractivity contribution in [3.63, 3.8) is 0 Å². The summed E-state index contributed by atoms with van der Waals surface area (Å²) >= 11 is 1.85. The van der Waals surface area contributed by atoms with Crippen molar-refractivity contribution in [2.45, 2.75) is 38.7 Å². The second kappa shape index (κ2) is 6.39. The number of aryl methyl sites for hydroxylation is 2. The molecule has 1 amide bonds. The number of anilines is 1. The standard InChI is InChI=1S/C20H24N2O2S.ClH/c1-3-16-13(2)25-18-5-4-15(10-17(16)18)22-12-20(24-19(22)23)11-21-8-6-14(20)7-9-21;/h4-5,10,14H,3,6-9,11-12H2,1-2H3;1H/t20-;/m1./s1. The number of carbonyl (C=O) groups is 1. The van der Waals surface area contributed by atoms with Crippen molar-refractivity contribution in [2.24, 2.45) is 5.92 Å². The average molecular weight is 393 g/mol. The molecule has 1 aromatic heterocycles. The van der Waals surface area contributed by atoms with E-state index in [4.69, 9.17) is 4.74 Å².